The smallest absolute Gasteiger partial charge is 0.240 e. The summed E-state index contributed by atoms with van der Waals surface area (Å²) in [5.41, 5.74) is 2.67. The van der Waals surface area contributed by atoms with Gasteiger partial charge in [0.25, 0.3) is 0 Å². The second-order valence-electron chi connectivity index (χ2n) is 6.27. The standard InChI is InChI=1S/C20H21N3O3S2/c1-15-4-2-5-17(12-15)28(25,26)23-10-8-20(24)22-14-16-7-9-21-18(13-16)19-6-3-11-27-19/h2-7,9,11-13,23H,8,10,14H2,1H3,(H,22,24). The highest BCUT2D eigenvalue weighted by atomic mass is 32.2. The van der Waals surface area contributed by atoms with Crippen molar-refractivity contribution in [3.63, 3.8) is 0 Å². The zero-order valence-electron chi connectivity index (χ0n) is 15.4. The summed E-state index contributed by atoms with van der Waals surface area (Å²) in [5, 5.41) is 4.80. The molecule has 0 atom stereocenters. The van der Waals surface area contributed by atoms with Crippen LogP contribution in [0.25, 0.3) is 10.6 Å². The number of hydrogen-bond donors (Lipinski definition) is 2. The minimum absolute atomic E-state index is 0.0406. The van der Waals surface area contributed by atoms with Gasteiger partial charge in [0, 0.05) is 25.7 Å². The fourth-order valence-corrected chi connectivity index (χ4v) is 4.43. The van der Waals surface area contributed by atoms with Gasteiger partial charge in [0.05, 0.1) is 15.5 Å². The molecule has 0 bridgehead atoms. The number of pyridine rings is 1. The summed E-state index contributed by atoms with van der Waals surface area (Å²) in [4.78, 5) is 17.7. The second-order valence-corrected chi connectivity index (χ2v) is 8.98. The number of rotatable bonds is 8. The first-order valence-corrected chi connectivity index (χ1v) is 11.1. The summed E-state index contributed by atoms with van der Waals surface area (Å²) in [5.74, 6) is -0.221. The van der Waals surface area contributed by atoms with Crippen LogP contribution in [0.1, 0.15) is 17.5 Å². The molecule has 1 aromatic carbocycles. The molecule has 0 unspecified atom stereocenters. The zero-order valence-corrected chi connectivity index (χ0v) is 17.0. The first kappa shape index (κ1) is 20.2. The van der Waals surface area contributed by atoms with Gasteiger partial charge in [0.15, 0.2) is 0 Å². The Labute approximate surface area is 168 Å². The zero-order chi connectivity index (χ0) is 20.0. The molecule has 3 rings (SSSR count). The maximum absolute atomic E-state index is 12.2. The van der Waals surface area contributed by atoms with Crippen molar-refractivity contribution in [3.8, 4) is 10.6 Å². The molecule has 28 heavy (non-hydrogen) atoms. The summed E-state index contributed by atoms with van der Waals surface area (Å²) in [7, 11) is -3.61. The van der Waals surface area contributed by atoms with Crippen molar-refractivity contribution >= 4 is 27.3 Å². The van der Waals surface area contributed by atoms with Crippen LogP contribution in [-0.4, -0.2) is 25.9 Å². The molecule has 0 fully saturated rings. The lowest BCUT2D eigenvalue weighted by Gasteiger charge is -2.09. The molecule has 2 N–H and O–H groups in total. The summed E-state index contributed by atoms with van der Waals surface area (Å²) in [6, 6.07) is 14.4. The van der Waals surface area contributed by atoms with Gasteiger partial charge in [0.2, 0.25) is 15.9 Å². The van der Waals surface area contributed by atoms with Crippen molar-refractivity contribution in [1.82, 2.24) is 15.0 Å². The van der Waals surface area contributed by atoms with Crippen LogP contribution < -0.4 is 10.0 Å². The molecule has 0 aliphatic heterocycles. The van der Waals surface area contributed by atoms with E-state index in [1.165, 1.54) is 6.07 Å². The van der Waals surface area contributed by atoms with Gasteiger partial charge in [-0.2, -0.15) is 0 Å². The van der Waals surface area contributed by atoms with Crippen molar-refractivity contribution in [2.24, 2.45) is 0 Å². The second kappa shape index (κ2) is 9.09. The Morgan fingerprint density at radius 3 is 2.75 bits per heavy atom. The number of aryl methyl sites for hydroxylation is 1. The van der Waals surface area contributed by atoms with Crippen LogP contribution in [0.15, 0.2) is 65.0 Å². The minimum Gasteiger partial charge on any atom is -0.352 e. The third kappa shape index (κ3) is 5.48. The first-order chi connectivity index (χ1) is 13.4. The van der Waals surface area contributed by atoms with Crippen LogP contribution in [0.2, 0.25) is 0 Å². The molecule has 146 valence electrons. The molecule has 0 radical (unpaired) electrons. The Hall–Kier alpha value is -2.55. The summed E-state index contributed by atoms with van der Waals surface area (Å²) in [6.45, 7) is 2.23. The third-order valence-corrected chi connectivity index (χ3v) is 6.38. The van der Waals surface area contributed by atoms with Gasteiger partial charge in [-0.05, 0) is 53.8 Å². The van der Waals surface area contributed by atoms with E-state index in [1.807, 2.05) is 42.6 Å². The maximum Gasteiger partial charge on any atom is 0.240 e. The van der Waals surface area contributed by atoms with Crippen molar-refractivity contribution in [2.45, 2.75) is 24.8 Å². The normalized spacial score (nSPS) is 11.3. The Morgan fingerprint density at radius 1 is 1.14 bits per heavy atom. The number of amides is 1. The van der Waals surface area contributed by atoms with E-state index in [4.69, 9.17) is 0 Å². The third-order valence-electron chi connectivity index (χ3n) is 4.03. The van der Waals surface area contributed by atoms with Gasteiger partial charge in [0.1, 0.15) is 0 Å². The highest BCUT2D eigenvalue weighted by Crippen LogP contribution is 2.22. The van der Waals surface area contributed by atoms with Crippen molar-refractivity contribution in [2.75, 3.05) is 6.54 Å². The minimum atomic E-state index is -3.61. The average Bonchev–Trinajstić information content (AvgIpc) is 3.21. The number of thiophene rings is 1. The average molecular weight is 416 g/mol. The van der Waals surface area contributed by atoms with Crippen molar-refractivity contribution < 1.29 is 13.2 Å². The van der Waals surface area contributed by atoms with Crippen LogP contribution in [-0.2, 0) is 21.4 Å². The molecule has 0 aliphatic rings. The summed E-state index contributed by atoms with van der Waals surface area (Å²) in [6.07, 6.45) is 1.78. The number of carbonyl (C=O) groups is 1. The quantitative estimate of drug-likeness (QED) is 0.592. The molecule has 1 amide bonds. The van der Waals surface area contributed by atoms with E-state index in [2.05, 4.69) is 15.0 Å². The van der Waals surface area contributed by atoms with Crippen LogP contribution in [0.5, 0.6) is 0 Å². The van der Waals surface area contributed by atoms with E-state index in [0.717, 1.165) is 21.7 Å². The van der Waals surface area contributed by atoms with E-state index in [1.54, 1.807) is 29.7 Å². The topological polar surface area (TPSA) is 88.2 Å². The van der Waals surface area contributed by atoms with E-state index in [0.29, 0.717) is 6.54 Å². The molecule has 0 saturated carbocycles. The van der Waals surface area contributed by atoms with Gasteiger partial charge in [-0.15, -0.1) is 11.3 Å². The molecule has 2 aromatic heterocycles. The van der Waals surface area contributed by atoms with E-state index < -0.39 is 10.0 Å². The van der Waals surface area contributed by atoms with E-state index in [-0.39, 0.29) is 23.8 Å². The number of carbonyl (C=O) groups excluding carboxylic acids is 1. The van der Waals surface area contributed by atoms with E-state index in [9.17, 15) is 13.2 Å². The van der Waals surface area contributed by atoms with Gasteiger partial charge in [-0.1, -0.05) is 18.2 Å². The number of aromatic nitrogens is 1. The lowest BCUT2D eigenvalue weighted by Crippen LogP contribution is -2.30. The Bertz CT molecular complexity index is 1050. The lowest BCUT2D eigenvalue weighted by atomic mass is 10.2. The van der Waals surface area contributed by atoms with Gasteiger partial charge >= 0.3 is 0 Å². The predicted molar refractivity (Wildman–Crippen MR) is 110 cm³/mol. The van der Waals surface area contributed by atoms with Crippen LogP contribution in [0.4, 0.5) is 0 Å². The molecule has 0 spiro atoms. The lowest BCUT2D eigenvalue weighted by molar-refractivity contribution is -0.121. The Morgan fingerprint density at radius 2 is 2.00 bits per heavy atom. The molecular formula is C20H21N3O3S2. The Kier molecular flexibility index (Phi) is 6.56. The molecule has 8 heteroatoms. The summed E-state index contributed by atoms with van der Waals surface area (Å²) < 4.78 is 27.0. The Balaban J connectivity index is 1.48. The van der Waals surface area contributed by atoms with Crippen molar-refractivity contribution in [3.05, 3.63) is 71.2 Å². The molecule has 0 saturated heterocycles. The highest BCUT2D eigenvalue weighted by molar-refractivity contribution is 7.89. The van der Waals surface area contributed by atoms with Crippen molar-refractivity contribution in [1.29, 1.82) is 0 Å². The largest absolute Gasteiger partial charge is 0.352 e. The molecule has 6 nitrogen and oxygen atoms in total. The molecule has 3 aromatic rings. The fraction of sp³-hybridized carbons (Fsp3) is 0.200. The van der Waals surface area contributed by atoms with Crippen LogP contribution >= 0.6 is 11.3 Å². The number of nitrogens with one attached hydrogen (secondary N) is 2. The van der Waals surface area contributed by atoms with Gasteiger partial charge in [-0.25, -0.2) is 13.1 Å². The molecular weight excluding hydrogens is 394 g/mol. The van der Waals surface area contributed by atoms with Gasteiger partial charge in [-0.3, -0.25) is 9.78 Å². The first-order valence-electron chi connectivity index (χ1n) is 8.76. The predicted octanol–water partition coefficient (Wildman–Crippen LogP) is 3.10. The van der Waals surface area contributed by atoms with E-state index >= 15 is 0 Å². The SMILES string of the molecule is Cc1cccc(S(=O)(=O)NCCC(=O)NCc2ccnc(-c3cccs3)c2)c1. The highest BCUT2D eigenvalue weighted by Gasteiger charge is 2.14. The summed E-state index contributed by atoms with van der Waals surface area (Å²) >= 11 is 1.61. The fourth-order valence-electron chi connectivity index (χ4n) is 2.60. The number of hydrogen-bond acceptors (Lipinski definition) is 5. The maximum atomic E-state index is 12.2. The van der Waals surface area contributed by atoms with Gasteiger partial charge < -0.3 is 5.32 Å². The molecule has 0 aliphatic carbocycles. The number of sulfonamides is 1. The van der Waals surface area contributed by atoms with Crippen LogP contribution in [0.3, 0.4) is 0 Å². The monoisotopic (exact) mass is 415 g/mol. The van der Waals surface area contributed by atoms with Crippen LogP contribution in [0, 0.1) is 6.92 Å². The number of nitrogens with zero attached hydrogens (tertiary/aromatic N) is 1. The number of benzene rings is 1. The molecule has 2 heterocycles.